The molecular formula is C15H23NO3. The van der Waals surface area contributed by atoms with Gasteiger partial charge in [0.05, 0.1) is 5.56 Å². The van der Waals surface area contributed by atoms with Crippen LogP contribution in [0.5, 0.6) is 5.75 Å². The summed E-state index contributed by atoms with van der Waals surface area (Å²) < 4.78 is 5.05. The monoisotopic (exact) mass is 265 g/mol. The van der Waals surface area contributed by atoms with Crippen molar-refractivity contribution < 1.29 is 14.6 Å². The molecule has 1 aromatic rings. The molecule has 0 bridgehead atoms. The highest BCUT2D eigenvalue weighted by Gasteiger charge is 2.20. The van der Waals surface area contributed by atoms with Crippen molar-refractivity contribution in [1.29, 1.82) is 0 Å². The minimum absolute atomic E-state index is 0.0206. The van der Waals surface area contributed by atoms with E-state index in [1.54, 1.807) is 19.2 Å². The summed E-state index contributed by atoms with van der Waals surface area (Å²) in [5, 5.41) is 12.6. The lowest BCUT2D eigenvalue weighted by molar-refractivity contribution is 0.0918. The number of benzene rings is 1. The highest BCUT2D eigenvalue weighted by atomic mass is 16.5. The van der Waals surface area contributed by atoms with Gasteiger partial charge in [-0.25, -0.2) is 0 Å². The van der Waals surface area contributed by atoms with Crippen LogP contribution in [0.3, 0.4) is 0 Å². The van der Waals surface area contributed by atoms with E-state index in [9.17, 15) is 9.90 Å². The molecule has 0 saturated carbocycles. The number of aromatic hydroxyl groups is 1. The molecule has 106 valence electrons. The Morgan fingerprint density at radius 3 is 2.68 bits per heavy atom. The Morgan fingerprint density at radius 2 is 2.11 bits per heavy atom. The summed E-state index contributed by atoms with van der Waals surface area (Å²) in [6, 6.07) is 5.04. The number of rotatable bonds is 6. The SMILES string of the molecule is COCCC(C)(C)CNC(=O)c1ccc(C)cc1O. The first-order chi connectivity index (χ1) is 8.85. The summed E-state index contributed by atoms with van der Waals surface area (Å²) in [4.78, 5) is 12.0. The number of amides is 1. The van der Waals surface area contributed by atoms with Crippen molar-refractivity contribution in [2.75, 3.05) is 20.3 Å². The Hall–Kier alpha value is -1.55. The van der Waals surface area contributed by atoms with Gasteiger partial charge in [0, 0.05) is 20.3 Å². The van der Waals surface area contributed by atoms with Gasteiger partial charge in [0.15, 0.2) is 0 Å². The van der Waals surface area contributed by atoms with E-state index in [2.05, 4.69) is 19.2 Å². The quantitative estimate of drug-likeness (QED) is 0.831. The Kier molecular flexibility index (Phi) is 5.36. The maximum atomic E-state index is 12.0. The van der Waals surface area contributed by atoms with Crippen molar-refractivity contribution in [2.24, 2.45) is 5.41 Å². The number of nitrogens with one attached hydrogen (secondary N) is 1. The molecule has 0 spiro atoms. The van der Waals surface area contributed by atoms with Crippen molar-refractivity contribution in [3.63, 3.8) is 0 Å². The van der Waals surface area contributed by atoms with E-state index in [1.807, 2.05) is 13.0 Å². The smallest absolute Gasteiger partial charge is 0.255 e. The summed E-state index contributed by atoms with van der Waals surface area (Å²) in [5.74, 6) is -0.227. The van der Waals surface area contributed by atoms with Gasteiger partial charge in [-0.2, -0.15) is 0 Å². The molecule has 2 N–H and O–H groups in total. The molecule has 0 aromatic heterocycles. The first kappa shape index (κ1) is 15.5. The second-order valence-corrected chi connectivity index (χ2v) is 5.61. The third-order valence-corrected chi connectivity index (χ3v) is 3.11. The molecule has 0 radical (unpaired) electrons. The number of methoxy groups -OCH3 is 1. The minimum atomic E-state index is -0.247. The molecule has 1 aromatic carbocycles. The van der Waals surface area contributed by atoms with Gasteiger partial charge >= 0.3 is 0 Å². The second-order valence-electron chi connectivity index (χ2n) is 5.61. The first-order valence-corrected chi connectivity index (χ1v) is 6.42. The second kappa shape index (κ2) is 6.57. The summed E-state index contributed by atoms with van der Waals surface area (Å²) >= 11 is 0. The lowest BCUT2D eigenvalue weighted by Crippen LogP contribution is -2.34. The minimum Gasteiger partial charge on any atom is -0.507 e. The molecule has 0 atom stereocenters. The number of aryl methyl sites for hydroxylation is 1. The highest BCUT2D eigenvalue weighted by Crippen LogP contribution is 2.21. The summed E-state index contributed by atoms with van der Waals surface area (Å²) in [7, 11) is 1.67. The van der Waals surface area contributed by atoms with Crippen LogP contribution in [0, 0.1) is 12.3 Å². The zero-order valence-electron chi connectivity index (χ0n) is 12.1. The van der Waals surface area contributed by atoms with Crippen LogP contribution in [-0.2, 0) is 4.74 Å². The fourth-order valence-corrected chi connectivity index (χ4v) is 1.72. The Labute approximate surface area is 114 Å². The van der Waals surface area contributed by atoms with E-state index in [-0.39, 0.29) is 17.1 Å². The molecule has 0 aliphatic heterocycles. The van der Waals surface area contributed by atoms with Crippen LogP contribution in [0.15, 0.2) is 18.2 Å². The van der Waals surface area contributed by atoms with Crippen LogP contribution in [0.25, 0.3) is 0 Å². The van der Waals surface area contributed by atoms with Gasteiger partial charge in [-0.3, -0.25) is 4.79 Å². The molecule has 4 heteroatoms. The van der Waals surface area contributed by atoms with Crippen molar-refractivity contribution in [3.8, 4) is 5.75 Å². The van der Waals surface area contributed by atoms with E-state index in [0.29, 0.717) is 18.7 Å². The zero-order chi connectivity index (χ0) is 14.5. The van der Waals surface area contributed by atoms with Crippen LogP contribution in [0.2, 0.25) is 0 Å². The lowest BCUT2D eigenvalue weighted by Gasteiger charge is -2.24. The van der Waals surface area contributed by atoms with Crippen molar-refractivity contribution in [2.45, 2.75) is 27.2 Å². The van der Waals surface area contributed by atoms with E-state index in [4.69, 9.17) is 4.74 Å². The van der Waals surface area contributed by atoms with Gasteiger partial charge < -0.3 is 15.2 Å². The van der Waals surface area contributed by atoms with Gasteiger partial charge in [0.25, 0.3) is 5.91 Å². The van der Waals surface area contributed by atoms with Crippen LogP contribution in [-0.4, -0.2) is 31.3 Å². The number of carbonyl (C=O) groups is 1. The molecule has 0 unspecified atom stereocenters. The molecule has 0 fully saturated rings. The number of carbonyl (C=O) groups excluding carboxylic acids is 1. The number of hydrogen-bond acceptors (Lipinski definition) is 3. The fourth-order valence-electron chi connectivity index (χ4n) is 1.72. The van der Waals surface area contributed by atoms with E-state index < -0.39 is 0 Å². The average molecular weight is 265 g/mol. The standard InChI is InChI=1S/C15H23NO3/c1-11-5-6-12(13(17)9-11)14(18)16-10-15(2,3)7-8-19-4/h5-6,9,17H,7-8,10H2,1-4H3,(H,16,18). The van der Waals surface area contributed by atoms with E-state index in [0.717, 1.165) is 12.0 Å². The van der Waals surface area contributed by atoms with Gasteiger partial charge in [-0.05, 0) is 36.5 Å². The first-order valence-electron chi connectivity index (χ1n) is 6.42. The zero-order valence-corrected chi connectivity index (χ0v) is 12.1. The highest BCUT2D eigenvalue weighted by molar-refractivity contribution is 5.96. The van der Waals surface area contributed by atoms with Gasteiger partial charge in [-0.15, -0.1) is 0 Å². The third kappa shape index (κ3) is 4.91. The Bertz CT molecular complexity index is 441. The van der Waals surface area contributed by atoms with Crippen LogP contribution >= 0.6 is 0 Å². The van der Waals surface area contributed by atoms with Crippen molar-refractivity contribution in [1.82, 2.24) is 5.32 Å². The van der Waals surface area contributed by atoms with Crippen molar-refractivity contribution >= 4 is 5.91 Å². The maximum absolute atomic E-state index is 12.0. The predicted octanol–water partition coefficient (Wildman–Crippen LogP) is 2.49. The average Bonchev–Trinajstić information content (AvgIpc) is 2.34. The van der Waals surface area contributed by atoms with Crippen LogP contribution in [0.1, 0.15) is 36.2 Å². The molecule has 0 heterocycles. The molecule has 1 amide bonds. The summed E-state index contributed by atoms with van der Waals surface area (Å²) in [6.07, 6.45) is 0.865. The summed E-state index contributed by atoms with van der Waals surface area (Å²) in [6.45, 7) is 7.22. The van der Waals surface area contributed by atoms with Gasteiger partial charge in [-0.1, -0.05) is 19.9 Å². The van der Waals surface area contributed by atoms with E-state index in [1.165, 1.54) is 0 Å². The Balaban J connectivity index is 2.60. The van der Waals surface area contributed by atoms with Crippen molar-refractivity contribution in [3.05, 3.63) is 29.3 Å². The molecule has 4 nitrogen and oxygen atoms in total. The lowest BCUT2D eigenvalue weighted by atomic mass is 9.89. The Morgan fingerprint density at radius 1 is 1.42 bits per heavy atom. The van der Waals surface area contributed by atoms with Crippen LogP contribution < -0.4 is 5.32 Å². The largest absolute Gasteiger partial charge is 0.507 e. The molecule has 19 heavy (non-hydrogen) atoms. The molecule has 1 rings (SSSR count). The topological polar surface area (TPSA) is 58.6 Å². The predicted molar refractivity (Wildman–Crippen MR) is 75.5 cm³/mol. The molecule has 0 aliphatic carbocycles. The number of hydrogen-bond donors (Lipinski definition) is 2. The van der Waals surface area contributed by atoms with Crippen LogP contribution in [0.4, 0.5) is 0 Å². The number of ether oxygens (including phenoxy) is 1. The van der Waals surface area contributed by atoms with E-state index >= 15 is 0 Å². The normalized spacial score (nSPS) is 11.4. The third-order valence-electron chi connectivity index (χ3n) is 3.11. The number of phenols is 1. The molecule has 0 aliphatic rings. The van der Waals surface area contributed by atoms with Gasteiger partial charge in [0.1, 0.15) is 5.75 Å². The molecular weight excluding hydrogens is 242 g/mol. The summed E-state index contributed by atoms with van der Waals surface area (Å²) in [5.41, 5.74) is 1.20. The fraction of sp³-hybridized carbons (Fsp3) is 0.533. The van der Waals surface area contributed by atoms with Gasteiger partial charge in [0.2, 0.25) is 0 Å². The number of phenolic OH excluding ortho intramolecular Hbond substituents is 1. The molecule has 0 saturated heterocycles. The maximum Gasteiger partial charge on any atom is 0.255 e.